The molecule has 8 aromatic carbocycles. The molecule has 0 saturated carbocycles. The molecule has 0 saturated heterocycles. The second kappa shape index (κ2) is 13.8. The molecule has 0 bridgehead atoms. The quantitative estimate of drug-likeness (QED) is 0.169. The van der Waals surface area contributed by atoms with E-state index < -0.39 is 0 Å². The van der Waals surface area contributed by atoms with Crippen LogP contribution in [0.25, 0.3) is 104 Å². The van der Waals surface area contributed by atoms with E-state index in [1.807, 2.05) is 47.7 Å². The molecule has 3 heterocycles. The van der Waals surface area contributed by atoms with Crippen LogP contribution < -0.4 is 0 Å². The van der Waals surface area contributed by atoms with Crippen LogP contribution in [-0.2, 0) is 0 Å². The van der Waals surface area contributed by atoms with E-state index in [-0.39, 0.29) is 0 Å². The van der Waals surface area contributed by atoms with Crippen LogP contribution in [0, 0.1) is 13.8 Å². The highest BCUT2D eigenvalue weighted by Crippen LogP contribution is 2.43. The number of rotatable bonds is 6. The molecule has 0 radical (unpaired) electrons. The van der Waals surface area contributed by atoms with Crippen LogP contribution in [0.4, 0.5) is 0 Å². The summed E-state index contributed by atoms with van der Waals surface area (Å²) in [6.45, 7) is 4.34. The lowest BCUT2D eigenvalue weighted by Gasteiger charge is -2.17. The first-order valence-electron chi connectivity index (χ1n) is 19.6. The molecular weight excluding hydrogens is 725 g/mol. The molecule has 5 heteroatoms. The maximum atomic E-state index is 5.31. The Balaban J connectivity index is 1.23. The number of hydrogen-bond donors (Lipinski definition) is 0. The monoisotopic (exact) mass is 760 g/mol. The van der Waals surface area contributed by atoms with Crippen LogP contribution in [-0.4, -0.2) is 19.5 Å². The smallest absolute Gasteiger partial charge is 0.166 e. The Kier molecular flexibility index (Phi) is 8.09. The van der Waals surface area contributed by atoms with Crippen LogP contribution in [0.15, 0.2) is 182 Å². The molecule has 3 aromatic heterocycles. The highest BCUT2D eigenvalue weighted by molar-refractivity contribution is 7.26. The predicted molar refractivity (Wildman–Crippen MR) is 244 cm³/mol. The van der Waals surface area contributed by atoms with Gasteiger partial charge in [0.25, 0.3) is 0 Å². The van der Waals surface area contributed by atoms with Crippen molar-refractivity contribution in [3.63, 3.8) is 0 Å². The predicted octanol–water partition coefficient (Wildman–Crippen LogP) is 14.3. The van der Waals surface area contributed by atoms with E-state index in [1.54, 1.807) is 0 Å². The van der Waals surface area contributed by atoms with E-state index in [9.17, 15) is 0 Å². The van der Waals surface area contributed by atoms with Gasteiger partial charge < -0.3 is 4.57 Å². The molecule has 0 atom stereocenters. The van der Waals surface area contributed by atoms with Crippen molar-refractivity contribution in [2.24, 2.45) is 0 Å². The van der Waals surface area contributed by atoms with Crippen molar-refractivity contribution in [1.29, 1.82) is 0 Å². The number of thiophene rings is 1. The Bertz CT molecular complexity index is 3280. The molecule has 0 unspecified atom stereocenters. The normalized spacial score (nSPS) is 11.6. The number of aryl methyl sites for hydroxylation is 2. The first-order valence-corrected chi connectivity index (χ1v) is 20.4. The fourth-order valence-electron chi connectivity index (χ4n) is 8.53. The van der Waals surface area contributed by atoms with E-state index in [1.165, 1.54) is 58.8 Å². The van der Waals surface area contributed by atoms with Crippen molar-refractivity contribution in [2.75, 3.05) is 0 Å². The molecule has 11 aromatic rings. The standard InChI is InChI=1S/C53H36N4S/c1-33-28-34(2)30-39(29-33)37-24-26-42-41-18-9-11-22-46(41)57(48(42)32-37)47-27-25-38(40-20-13-21-44-43-19-10-12-23-49(43)58-50(40)44)31-45(47)53-55-51(35-14-5-3-6-15-35)54-52(56-53)36-16-7-4-8-17-36/h3-32H,1-2H3. The molecule has 0 N–H and O–H groups in total. The van der Waals surface area contributed by atoms with Gasteiger partial charge in [0, 0.05) is 47.6 Å². The molecule has 11 rings (SSSR count). The third-order valence-electron chi connectivity index (χ3n) is 11.1. The van der Waals surface area contributed by atoms with E-state index in [2.05, 4.69) is 164 Å². The Hall–Kier alpha value is -7.21. The Morgan fingerprint density at radius 2 is 0.983 bits per heavy atom. The number of hydrogen-bond acceptors (Lipinski definition) is 4. The SMILES string of the molecule is Cc1cc(C)cc(-c2ccc3c4ccccc4n(-c4ccc(-c5cccc6c5sc5ccccc56)cc4-c4nc(-c5ccccc5)nc(-c5ccccc5)n4)c3c2)c1. The van der Waals surface area contributed by atoms with Gasteiger partial charge in [-0.05, 0) is 66.4 Å². The van der Waals surface area contributed by atoms with Gasteiger partial charge in [0.15, 0.2) is 17.5 Å². The van der Waals surface area contributed by atoms with Crippen molar-refractivity contribution < 1.29 is 0 Å². The van der Waals surface area contributed by atoms with Gasteiger partial charge in [0.2, 0.25) is 0 Å². The van der Waals surface area contributed by atoms with Gasteiger partial charge in [-0.15, -0.1) is 11.3 Å². The van der Waals surface area contributed by atoms with Crippen molar-refractivity contribution >= 4 is 53.3 Å². The molecule has 0 aliphatic rings. The summed E-state index contributed by atoms with van der Waals surface area (Å²) in [4.78, 5) is 15.7. The second-order valence-corrected chi connectivity index (χ2v) is 16.1. The Labute approximate surface area is 340 Å². The van der Waals surface area contributed by atoms with Crippen molar-refractivity contribution in [3.8, 4) is 62.1 Å². The third kappa shape index (κ3) is 5.78. The number of nitrogens with zero attached hydrogens (tertiary/aromatic N) is 4. The highest BCUT2D eigenvalue weighted by Gasteiger charge is 2.22. The van der Waals surface area contributed by atoms with Gasteiger partial charge in [-0.25, -0.2) is 15.0 Å². The molecule has 0 spiro atoms. The summed E-state index contributed by atoms with van der Waals surface area (Å²) in [6, 6.07) is 65.0. The maximum absolute atomic E-state index is 5.31. The Morgan fingerprint density at radius 1 is 0.379 bits per heavy atom. The zero-order chi connectivity index (χ0) is 38.7. The van der Waals surface area contributed by atoms with Gasteiger partial charge in [-0.3, -0.25) is 0 Å². The molecular formula is C53H36N4S. The molecule has 0 fully saturated rings. The van der Waals surface area contributed by atoms with Gasteiger partial charge in [-0.2, -0.15) is 0 Å². The minimum Gasteiger partial charge on any atom is -0.308 e. The summed E-state index contributed by atoms with van der Waals surface area (Å²) in [5, 5.41) is 4.94. The van der Waals surface area contributed by atoms with E-state index in [0.29, 0.717) is 17.5 Å². The summed E-state index contributed by atoms with van der Waals surface area (Å²) >= 11 is 1.84. The minimum absolute atomic E-state index is 0.615. The minimum atomic E-state index is 0.615. The summed E-state index contributed by atoms with van der Waals surface area (Å²) < 4.78 is 4.96. The lowest BCUT2D eigenvalue weighted by Crippen LogP contribution is -2.04. The second-order valence-electron chi connectivity index (χ2n) is 15.0. The third-order valence-corrected chi connectivity index (χ3v) is 12.3. The number of fused-ring (bicyclic) bond motifs is 6. The first kappa shape index (κ1) is 34.1. The highest BCUT2D eigenvalue weighted by atomic mass is 32.1. The fraction of sp³-hybridized carbons (Fsp3) is 0.0377. The average molecular weight is 761 g/mol. The van der Waals surface area contributed by atoms with Crippen molar-refractivity contribution in [3.05, 3.63) is 193 Å². The molecule has 274 valence electrons. The molecule has 58 heavy (non-hydrogen) atoms. The lowest BCUT2D eigenvalue weighted by atomic mass is 9.98. The van der Waals surface area contributed by atoms with Crippen LogP contribution in [0.5, 0.6) is 0 Å². The molecule has 0 amide bonds. The molecule has 0 aliphatic carbocycles. The van der Waals surface area contributed by atoms with Gasteiger partial charge in [0.1, 0.15) is 0 Å². The average Bonchev–Trinajstić information content (AvgIpc) is 3.82. The van der Waals surface area contributed by atoms with Crippen molar-refractivity contribution in [1.82, 2.24) is 19.5 Å². The Morgan fingerprint density at radius 3 is 1.72 bits per heavy atom. The zero-order valence-corrected chi connectivity index (χ0v) is 32.8. The summed E-state index contributed by atoms with van der Waals surface area (Å²) in [7, 11) is 0. The number of benzene rings is 8. The largest absolute Gasteiger partial charge is 0.308 e. The van der Waals surface area contributed by atoms with Crippen molar-refractivity contribution in [2.45, 2.75) is 13.8 Å². The summed E-state index contributed by atoms with van der Waals surface area (Å²) in [5.41, 5.74) is 13.2. The van der Waals surface area contributed by atoms with Crippen LogP contribution in [0.1, 0.15) is 11.1 Å². The maximum Gasteiger partial charge on any atom is 0.166 e. The van der Waals surface area contributed by atoms with Gasteiger partial charge in [0.05, 0.1) is 16.7 Å². The lowest BCUT2D eigenvalue weighted by molar-refractivity contribution is 1.06. The number of para-hydroxylation sites is 1. The molecule has 4 nitrogen and oxygen atoms in total. The fourth-order valence-corrected chi connectivity index (χ4v) is 9.77. The van der Waals surface area contributed by atoms with E-state index in [4.69, 9.17) is 15.0 Å². The number of aromatic nitrogens is 4. The van der Waals surface area contributed by atoms with Crippen LogP contribution in [0.2, 0.25) is 0 Å². The van der Waals surface area contributed by atoms with E-state index in [0.717, 1.165) is 39.0 Å². The topological polar surface area (TPSA) is 43.6 Å². The van der Waals surface area contributed by atoms with Gasteiger partial charge in [-0.1, -0.05) is 163 Å². The van der Waals surface area contributed by atoms with Gasteiger partial charge >= 0.3 is 0 Å². The first-order chi connectivity index (χ1) is 28.6. The summed E-state index contributed by atoms with van der Waals surface area (Å²) in [6.07, 6.45) is 0. The zero-order valence-electron chi connectivity index (χ0n) is 32.0. The molecule has 0 aliphatic heterocycles. The van der Waals surface area contributed by atoms with Crippen LogP contribution in [0.3, 0.4) is 0 Å². The summed E-state index contributed by atoms with van der Waals surface area (Å²) in [5.74, 6) is 1.88. The van der Waals surface area contributed by atoms with Crippen LogP contribution >= 0.6 is 11.3 Å². The van der Waals surface area contributed by atoms with E-state index >= 15 is 0 Å².